The number of nitrogens with one attached hydrogen (secondary N) is 3. The van der Waals surface area contributed by atoms with Crippen molar-refractivity contribution in [2.75, 3.05) is 4.90 Å². The van der Waals surface area contributed by atoms with E-state index >= 15 is 0 Å². The van der Waals surface area contributed by atoms with Gasteiger partial charge in [-0.3, -0.25) is 4.90 Å². The van der Waals surface area contributed by atoms with Crippen LogP contribution in [-0.4, -0.2) is 15.0 Å². The Hall–Kier alpha value is -2.36. The van der Waals surface area contributed by atoms with Crippen molar-refractivity contribution in [1.29, 1.82) is 0 Å². The van der Waals surface area contributed by atoms with Crippen LogP contribution < -0.4 is 4.90 Å². The predicted molar refractivity (Wildman–Crippen MR) is 64.2 cm³/mol. The van der Waals surface area contributed by atoms with Gasteiger partial charge in [-0.05, 0) is 36.4 Å². The van der Waals surface area contributed by atoms with Crippen LogP contribution in [0.1, 0.15) is 0 Å². The quantitative estimate of drug-likeness (QED) is 0.613. The number of aromatic nitrogens is 3. The number of anilines is 3. The lowest BCUT2D eigenvalue weighted by molar-refractivity contribution is 1.13. The Morgan fingerprint density at radius 3 is 1.25 bits per heavy atom. The first-order valence-electron chi connectivity index (χ1n) is 5.15. The normalized spacial score (nSPS) is 10.5. The second-order valence-electron chi connectivity index (χ2n) is 3.50. The van der Waals surface area contributed by atoms with Gasteiger partial charge in [-0.2, -0.15) is 0 Å². The number of hydrogen-bond donors (Lipinski definition) is 3. The van der Waals surface area contributed by atoms with E-state index in [4.69, 9.17) is 0 Å². The van der Waals surface area contributed by atoms with E-state index in [0.717, 1.165) is 17.5 Å². The number of H-pyrrole nitrogens is 3. The molecule has 3 N–H and O–H groups in total. The molecule has 4 heteroatoms. The van der Waals surface area contributed by atoms with Gasteiger partial charge in [0.25, 0.3) is 0 Å². The van der Waals surface area contributed by atoms with Crippen LogP contribution >= 0.6 is 0 Å². The van der Waals surface area contributed by atoms with Gasteiger partial charge in [-0.25, -0.2) is 0 Å². The molecule has 0 fully saturated rings. The van der Waals surface area contributed by atoms with Gasteiger partial charge in [0.15, 0.2) is 0 Å². The van der Waals surface area contributed by atoms with E-state index < -0.39 is 0 Å². The maximum atomic E-state index is 3.20. The third kappa shape index (κ3) is 1.40. The Bertz CT molecular complexity index is 438. The molecule has 0 bridgehead atoms. The van der Waals surface area contributed by atoms with E-state index in [1.807, 2.05) is 55.0 Å². The van der Waals surface area contributed by atoms with Gasteiger partial charge in [0, 0.05) is 18.6 Å². The van der Waals surface area contributed by atoms with Crippen molar-refractivity contribution in [3.8, 4) is 0 Å². The lowest BCUT2D eigenvalue weighted by Crippen LogP contribution is -2.10. The minimum absolute atomic E-state index is 1.02. The smallest absolute Gasteiger partial charge is 0.117 e. The van der Waals surface area contributed by atoms with Crippen molar-refractivity contribution in [2.24, 2.45) is 0 Å². The number of nitrogens with zero attached hydrogens (tertiary/aromatic N) is 1. The largest absolute Gasteiger partial charge is 0.348 e. The Kier molecular flexibility index (Phi) is 2.04. The van der Waals surface area contributed by atoms with E-state index in [1.165, 1.54) is 0 Å². The van der Waals surface area contributed by atoms with Crippen molar-refractivity contribution in [3.05, 3.63) is 55.0 Å². The van der Waals surface area contributed by atoms with Gasteiger partial charge in [0.1, 0.15) is 17.5 Å². The fourth-order valence-corrected chi connectivity index (χ4v) is 1.77. The second kappa shape index (κ2) is 3.66. The molecular weight excluding hydrogens is 200 g/mol. The van der Waals surface area contributed by atoms with Crippen molar-refractivity contribution in [1.82, 2.24) is 15.0 Å². The number of aromatic amines is 3. The average Bonchev–Trinajstić information content (AvgIpc) is 3.02. The van der Waals surface area contributed by atoms with Crippen LogP contribution in [0.25, 0.3) is 0 Å². The minimum Gasteiger partial charge on any atom is -0.348 e. The second-order valence-corrected chi connectivity index (χ2v) is 3.50. The summed E-state index contributed by atoms with van der Waals surface area (Å²) < 4.78 is 0. The lowest BCUT2D eigenvalue weighted by atomic mass is 10.4. The standard InChI is InChI=1S/C12H12N4/c1-4-10(13-7-1)16(11-5-2-8-14-11)12-6-3-9-15-12/h1-9,13-15H. The topological polar surface area (TPSA) is 50.6 Å². The van der Waals surface area contributed by atoms with E-state index in [-0.39, 0.29) is 0 Å². The van der Waals surface area contributed by atoms with Crippen LogP contribution in [0, 0.1) is 0 Å². The zero-order valence-corrected chi connectivity index (χ0v) is 8.64. The summed E-state index contributed by atoms with van der Waals surface area (Å²) >= 11 is 0. The minimum atomic E-state index is 1.02. The highest BCUT2D eigenvalue weighted by molar-refractivity contribution is 5.69. The molecule has 0 aromatic carbocycles. The molecule has 3 rings (SSSR count). The van der Waals surface area contributed by atoms with Crippen LogP contribution in [0.15, 0.2) is 55.0 Å². The molecule has 4 nitrogen and oxygen atoms in total. The summed E-state index contributed by atoms with van der Waals surface area (Å²) in [5.41, 5.74) is 0. The molecule has 0 aliphatic carbocycles. The molecule has 0 unspecified atom stereocenters. The third-order valence-corrected chi connectivity index (χ3v) is 2.47. The molecule has 3 aromatic rings. The maximum absolute atomic E-state index is 3.20. The van der Waals surface area contributed by atoms with Crippen molar-refractivity contribution in [2.45, 2.75) is 0 Å². The molecule has 0 amide bonds. The summed E-state index contributed by atoms with van der Waals surface area (Å²) in [6, 6.07) is 12.0. The van der Waals surface area contributed by atoms with Gasteiger partial charge in [-0.15, -0.1) is 0 Å². The highest BCUT2D eigenvalue weighted by atomic mass is 15.3. The Morgan fingerprint density at radius 1 is 0.625 bits per heavy atom. The molecule has 3 aromatic heterocycles. The first-order chi connectivity index (χ1) is 7.95. The highest BCUT2D eigenvalue weighted by Crippen LogP contribution is 2.30. The summed E-state index contributed by atoms with van der Waals surface area (Å²) in [6.45, 7) is 0. The Morgan fingerprint density at radius 2 is 1.00 bits per heavy atom. The van der Waals surface area contributed by atoms with Crippen LogP contribution in [0.4, 0.5) is 17.5 Å². The molecule has 16 heavy (non-hydrogen) atoms. The molecule has 0 saturated carbocycles. The molecule has 3 heterocycles. The van der Waals surface area contributed by atoms with Crippen LogP contribution in [0.2, 0.25) is 0 Å². The van der Waals surface area contributed by atoms with E-state index in [2.05, 4.69) is 19.9 Å². The average molecular weight is 212 g/mol. The number of hydrogen-bond acceptors (Lipinski definition) is 1. The summed E-state index contributed by atoms with van der Waals surface area (Å²) in [4.78, 5) is 11.7. The molecule has 0 aliphatic heterocycles. The van der Waals surface area contributed by atoms with Crippen molar-refractivity contribution >= 4 is 17.5 Å². The van der Waals surface area contributed by atoms with Crippen molar-refractivity contribution < 1.29 is 0 Å². The van der Waals surface area contributed by atoms with Crippen LogP contribution in [0.3, 0.4) is 0 Å². The highest BCUT2D eigenvalue weighted by Gasteiger charge is 2.13. The van der Waals surface area contributed by atoms with E-state index in [9.17, 15) is 0 Å². The van der Waals surface area contributed by atoms with Crippen molar-refractivity contribution in [3.63, 3.8) is 0 Å². The van der Waals surface area contributed by atoms with Gasteiger partial charge < -0.3 is 15.0 Å². The molecular formula is C12H12N4. The predicted octanol–water partition coefficient (Wildman–Crippen LogP) is 3.14. The first-order valence-corrected chi connectivity index (χ1v) is 5.15. The monoisotopic (exact) mass is 212 g/mol. The van der Waals surface area contributed by atoms with E-state index in [0.29, 0.717) is 0 Å². The molecule has 80 valence electrons. The van der Waals surface area contributed by atoms with Gasteiger partial charge in [0.2, 0.25) is 0 Å². The molecule has 0 saturated heterocycles. The van der Waals surface area contributed by atoms with Gasteiger partial charge >= 0.3 is 0 Å². The zero-order valence-electron chi connectivity index (χ0n) is 8.64. The molecule has 0 spiro atoms. The zero-order chi connectivity index (χ0) is 10.8. The first kappa shape index (κ1) is 8.91. The Balaban J connectivity index is 2.09. The van der Waals surface area contributed by atoms with Crippen LogP contribution in [0.5, 0.6) is 0 Å². The van der Waals surface area contributed by atoms with Gasteiger partial charge in [0.05, 0.1) is 0 Å². The third-order valence-electron chi connectivity index (χ3n) is 2.47. The summed E-state index contributed by atoms with van der Waals surface area (Å²) in [5, 5.41) is 0. The maximum Gasteiger partial charge on any atom is 0.117 e. The summed E-state index contributed by atoms with van der Waals surface area (Å²) in [7, 11) is 0. The molecule has 0 aliphatic rings. The molecule has 0 atom stereocenters. The Labute approximate surface area is 92.9 Å². The van der Waals surface area contributed by atoms with Crippen LogP contribution in [-0.2, 0) is 0 Å². The fraction of sp³-hybridized carbons (Fsp3) is 0. The summed E-state index contributed by atoms with van der Waals surface area (Å²) in [5.74, 6) is 3.06. The SMILES string of the molecule is c1c[nH]c(N(c2ccc[nH]2)c2ccc[nH]2)c1. The molecule has 0 radical (unpaired) electrons. The van der Waals surface area contributed by atoms with E-state index in [1.54, 1.807) is 0 Å². The fourth-order valence-electron chi connectivity index (χ4n) is 1.77. The lowest BCUT2D eigenvalue weighted by Gasteiger charge is -2.19. The summed E-state index contributed by atoms with van der Waals surface area (Å²) in [6.07, 6.45) is 5.73. The van der Waals surface area contributed by atoms with Gasteiger partial charge in [-0.1, -0.05) is 0 Å². The number of rotatable bonds is 3.